The average molecular weight is 136 g/mol. The highest BCUT2D eigenvalue weighted by molar-refractivity contribution is 6.18. The summed E-state index contributed by atoms with van der Waals surface area (Å²) in [5.74, 6) is 0.554. The van der Waals surface area contributed by atoms with Gasteiger partial charge in [-0.3, -0.25) is 0 Å². The fourth-order valence-corrected chi connectivity index (χ4v) is 0.439. The number of carbonyl (C=O) groups is 1. The van der Waals surface area contributed by atoms with E-state index in [9.17, 15) is 4.79 Å². The fourth-order valence-electron chi connectivity index (χ4n) is 0.330. The number of hydrogen-bond acceptors (Lipinski definition) is 2. The molecular weight excluding hydrogens is 126 g/mol. The Morgan fingerprint density at radius 3 is 2.88 bits per heavy atom. The van der Waals surface area contributed by atoms with E-state index in [2.05, 4.69) is 5.32 Å². The predicted octanol–water partition coefficient (Wildman–Crippen LogP) is 0.402. The number of aldehydes is 1. The van der Waals surface area contributed by atoms with Crippen LogP contribution in [-0.2, 0) is 4.79 Å². The van der Waals surface area contributed by atoms with Crippen molar-refractivity contribution >= 4 is 17.9 Å². The van der Waals surface area contributed by atoms with E-state index in [1.807, 2.05) is 0 Å². The highest BCUT2D eigenvalue weighted by Gasteiger charge is 1.93. The summed E-state index contributed by atoms with van der Waals surface area (Å²) in [5.41, 5.74) is 0. The van der Waals surface area contributed by atoms with Crippen molar-refractivity contribution in [3.05, 3.63) is 0 Å². The molecule has 2 nitrogen and oxygen atoms in total. The van der Waals surface area contributed by atoms with Gasteiger partial charge in [0.1, 0.15) is 6.29 Å². The second kappa shape index (κ2) is 5.06. The molecule has 0 fully saturated rings. The van der Waals surface area contributed by atoms with E-state index in [0.29, 0.717) is 12.4 Å². The molecule has 0 bridgehead atoms. The molecule has 0 aromatic rings. The lowest BCUT2D eigenvalue weighted by molar-refractivity contribution is -0.109. The van der Waals surface area contributed by atoms with Gasteiger partial charge in [0, 0.05) is 12.4 Å². The minimum Gasteiger partial charge on any atom is -0.307 e. The van der Waals surface area contributed by atoms with Gasteiger partial charge in [-0.25, -0.2) is 0 Å². The Hall–Kier alpha value is -0.0800. The summed E-state index contributed by atoms with van der Waals surface area (Å²) in [6.07, 6.45) is 0.854. The van der Waals surface area contributed by atoms with Crippen molar-refractivity contribution in [1.29, 1.82) is 0 Å². The zero-order chi connectivity index (χ0) is 6.41. The number of nitrogens with one attached hydrogen (secondary N) is 1. The van der Waals surface area contributed by atoms with E-state index in [4.69, 9.17) is 11.6 Å². The molecule has 0 saturated heterocycles. The maximum absolute atomic E-state index is 9.91. The predicted molar refractivity (Wildman–Crippen MR) is 34.2 cm³/mol. The van der Waals surface area contributed by atoms with Crippen LogP contribution >= 0.6 is 11.6 Å². The van der Waals surface area contributed by atoms with E-state index in [-0.39, 0.29) is 6.04 Å². The van der Waals surface area contributed by atoms with Crippen molar-refractivity contribution in [3.8, 4) is 0 Å². The SMILES string of the molecule is CC(C=O)NCCCl. The van der Waals surface area contributed by atoms with E-state index in [1.54, 1.807) is 6.92 Å². The van der Waals surface area contributed by atoms with Gasteiger partial charge < -0.3 is 10.1 Å². The molecule has 0 aliphatic carbocycles. The molecule has 0 aromatic heterocycles. The fraction of sp³-hybridized carbons (Fsp3) is 0.800. The molecule has 0 spiro atoms. The van der Waals surface area contributed by atoms with E-state index >= 15 is 0 Å². The number of halogens is 1. The molecular formula is C5H10ClNO. The molecule has 1 atom stereocenters. The van der Waals surface area contributed by atoms with E-state index in [1.165, 1.54) is 0 Å². The summed E-state index contributed by atoms with van der Waals surface area (Å²) in [4.78, 5) is 9.91. The smallest absolute Gasteiger partial charge is 0.136 e. The number of rotatable bonds is 4. The van der Waals surface area contributed by atoms with Crippen LogP contribution < -0.4 is 5.32 Å². The van der Waals surface area contributed by atoms with Crippen LogP contribution in [0.15, 0.2) is 0 Å². The molecule has 0 radical (unpaired) electrons. The first-order valence-corrected chi connectivity index (χ1v) is 3.09. The molecule has 0 saturated carbocycles. The summed E-state index contributed by atoms with van der Waals surface area (Å²) >= 11 is 5.32. The Balaban J connectivity index is 2.98. The maximum Gasteiger partial charge on any atom is 0.136 e. The van der Waals surface area contributed by atoms with Gasteiger partial charge in [-0.2, -0.15) is 0 Å². The summed E-state index contributed by atoms with van der Waals surface area (Å²) < 4.78 is 0. The summed E-state index contributed by atoms with van der Waals surface area (Å²) in [6, 6.07) is -0.0613. The number of hydrogen-bond donors (Lipinski definition) is 1. The van der Waals surface area contributed by atoms with Crippen LogP contribution in [0.3, 0.4) is 0 Å². The van der Waals surface area contributed by atoms with Crippen LogP contribution in [0.2, 0.25) is 0 Å². The Labute approximate surface area is 54.2 Å². The lowest BCUT2D eigenvalue weighted by Crippen LogP contribution is -2.28. The molecule has 0 aromatic carbocycles. The highest BCUT2D eigenvalue weighted by Crippen LogP contribution is 1.74. The quantitative estimate of drug-likeness (QED) is 0.447. The van der Waals surface area contributed by atoms with Gasteiger partial charge in [0.05, 0.1) is 6.04 Å². The standard InChI is InChI=1S/C5H10ClNO/c1-5(4-8)7-3-2-6/h4-5,7H,2-3H2,1H3. The summed E-state index contributed by atoms with van der Waals surface area (Å²) in [7, 11) is 0. The first-order valence-electron chi connectivity index (χ1n) is 2.56. The monoisotopic (exact) mass is 135 g/mol. The van der Waals surface area contributed by atoms with Gasteiger partial charge in [0.15, 0.2) is 0 Å². The minimum atomic E-state index is -0.0613. The van der Waals surface area contributed by atoms with Crippen LogP contribution in [0.25, 0.3) is 0 Å². The van der Waals surface area contributed by atoms with Gasteiger partial charge in [-0.1, -0.05) is 0 Å². The molecule has 48 valence electrons. The normalized spacial score (nSPS) is 13.2. The van der Waals surface area contributed by atoms with Gasteiger partial charge in [-0.15, -0.1) is 11.6 Å². The van der Waals surface area contributed by atoms with Crippen molar-refractivity contribution < 1.29 is 4.79 Å². The Kier molecular flexibility index (Phi) is 5.01. The zero-order valence-electron chi connectivity index (χ0n) is 4.86. The minimum absolute atomic E-state index is 0.0613. The van der Waals surface area contributed by atoms with Gasteiger partial charge in [-0.05, 0) is 6.92 Å². The van der Waals surface area contributed by atoms with Crippen molar-refractivity contribution in [1.82, 2.24) is 5.32 Å². The first kappa shape index (κ1) is 7.92. The lowest BCUT2D eigenvalue weighted by atomic mass is 10.4. The second-order valence-electron chi connectivity index (χ2n) is 1.57. The third kappa shape index (κ3) is 4.09. The molecule has 0 aliphatic heterocycles. The van der Waals surface area contributed by atoms with Crippen LogP contribution in [0, 0.1) is 0 Å². The van der Waals surface area contributed by atoms with Crippen LogP contribution in [0.1, 0.15) is 6.92 Å². The van der Waals surface area contributed by atoms with E-state index in [0.717, 1.165) is 6.29 Å². The van der Waals surface area contributed by atoms with E-state index < -0.39 is 0 Å². The van der Waals surface area contributed by atoms with Crippen molar-refractivity contribution in [3.63, 3.8) is 0 Å². The molecule has 0 heterocycles. The topological polar surface area (TPSA) is 29.1 Å². The van der Waals surface area contributed by atoms with Gasteiger partial charge >= 0.3 is 0 Å². The van der Waals surface area contributed by atoms with Crippen molar-refractivity contribution in [2.75, 3.05) is 12.4 Å². The highest BCUT2D eigenvalue weighted by atomic mass is 35.5. The molecule has 0 amide bonds. The molecule has 8 heavy (non-hydrogen) atoms. The summed E-state index contributed by atoms with van der Waals surface area (Å²) in [6.45, 7) is 2.49. The van der Waals surface area contributed by atoms with Gasteiger partial charge in [0.2, 0.25) is 0 Å². The Bertz CT molecular complexity index is 67.4. The Morgan fingerprint density at radius 1 is 1.88 bits per heavy atom. The number of carbonyl (C=O) groups excluding carboxylic acids is 1. The molecule has 0 aliphatic rings. The molecule has 1 N–H and O–H groups in total. The lowest BCUT2D eigenvalue weighted by Gasteiger charge is -2.01. The average Bonchev–Trinajstić information content (AvgIpc) is 1.83. The van der Waals surface area contributed by atoms with Crippen LogP contribution in [-0.4, -0.2) is 24.8 Å². The molecule has 0 rings (SSSR count). The van der Waals surface area contributed by atoms with Crippen molar-refractivity contribution in [2.45, 2.75) is 13.0 Å². The third-order valence-corrected chi connectivity index (χ3v) is 0.954. The molecule has 1 unspecified atom stereocenters. The molecule has 3 heteroatoms. The zero-order valence-corrected chi connectivity index (χ0v) is 5.61. The van der Waals surface area contributed by atoms with Crippen molar-refractivity contribution in [2.24, 2.45) is 0 Å². The maximum atomic E-state index is 9.91. The Morgan fingerprint density at radius 2 is 2.50 bits per heavy atom. The first-order chi connectivity index (χ1) is 3.81. The second-order valence-corrected chi connectivity index (χ2v) is 1.95. The number of alkyl halides is 1. The van der Waals surface area contributed by atoms with Gasteiger partial charge in [0.25, 0.3) is 0 Å². The van der Waals surface area contributed by atoms with Crippen LogP contribution in [0.5, 0.6) is 0 Å². The largest absolute Gasteiger partial charge is 0.307 e. The van der Waals surface area contributed by atoms with Crippen LogP contribution in [0.4, 0.5) is 0 Å². The third-order valence-electron chi connectivity index (χ3n) is 0.765. The summed E-state index contributed by atoms with van der Waals surface area (Å²) in [5, 5.41) is 2.88.